The Balaban J connectivity index is 1.79. The van der Waals surface area contributed by atoms with E-state index in [1.54, 1.807) is 11.3 Å². The van der Waals surface area contributed by atoms with Crippen molar-refractivity contribution in [1.82, 2.24) is 4.98 Å². The largest absolute Gasteiger partial charge is 0.481 e. The number of carbonyl (C=O) groups is 1. The molecule has 5 heteroatoms. The zero-order chi connectivity index (χ0) is 12.3. The number of aryl methyl sites for hydroxylation is 1. The van der Waals surface area contributed by atoms with E-state index >= 15 is 0 Å². The third-order valence-electron chi connectivity index (χ3n) is 3.37. The molecule has 0 radical (unpaired) electrons. The molecule has 2 N–H and O–H groups in total. The minimum absolute atomic E-state index is 0.154. The van der Waals surface area contributed by atoms with E-state index < -0.39 is 5.97 Å². The number of aromatic nitrogens is 1. The van der Waals surface area contributed by atoms with Gasteiger partial charge in [0.1, 0.15) is 0 Å². The predicted octanol–water partition coefficient (Wildman–Crippen LogP) is 2.76. The molecule has 1 aromatic heterocycles. The summed E-state index contributed by atoms with van der Waals surface area (Å²) in [5, 5.41) is 14.8. The molecule has 0 amide bonds. The van der Waals surface area contributed by atoms with Crippen molar-refractivity contribution in [2.45, 2.75) is 39.0 Å². The Morgan fingerprint density at radius 2 is 2.41 bits per heavy atom. The average molecular weight is 254 g/mol. The van der Waals surface area contributed by atoms with Crippen LogP contribution in [-0.2, 0) is 11.2 Å². The van der Waals surface area contributed by atoms with Gasteiger partial charge >= 0.3 is 5.97 Å². The number of thiazole rings is 1. The van der Waals surface area contributed by atoms with E-state index in [0.29, 0.717) is 11.8 Å². The molecule has 0 bridgehead atoms. The Kier molecular flexibility index (Phi) is 3.66. The van der Waals surface area contributed by atoms with Gasteiger partial charge in [-0.15, -0.1) is 11.3 Å². The number of hydrogen-bond donors (Lipinski definition) is 2. The maximum absolute atomic E-state index is 10.4. The molecule has 0 spiro atoms. The van der Waals surface area contributed by atoms with Gasteiger partial charge in [-0.1, -0.05) is 13.3 Å². The molecular formula is C12H18N2O2S. The molecular weight excluding hydrogens is 236 g/mol. The summed E-state index contributed by atoms with van der Waals surface area (Å²) in [6, 6.07) is 0. The second kappa shape index (κ2) is 5.04. The summed E-state index contributed by atoms with van der Waals surface area (Å²) in [5.41, 5.74) is 1.31. The summed E-state index contributed by atoms with van der Waals surface area (Å²) >= 11 is 1.56. The maximum Gasteiger partial charge on any atom is 0.303 e. The fourth-order valence-electron chi connectivity index (χ4n) is 1.98. The summed E-state index contributed by atoms with van der Waals surface area (Å²) in [4.78, 5) is 14.8. The fourth-order valence-corrected chi connectivity index (χ4v) is 2.73. The van der Waals surface area contributed by atoms with E-state index in [2.05, 4.69) is 17.2 Å². The normalized spacial score (nSPS) is 17.5. The highest BCUT2D eigenvalue weighted by molar-refractivity contribution is 7.13. The molecule has 94 valence electrons. The van der Waals surface area contributed by atoms with E-state index in [4.69, 9.17) is 5.11 Å². The molecule has 1 heterocycles. The van der Waals surface area contributed by atoms with Gasteiger partial charge in [0.05, 0.1) is 12.1 Å². The van der Waals surface area contributed by atoms with Crippen molar-refractivity contribution in [3.8, 4) is 0 Å². The zero-order valence-electron chi connectivity index (χ0n) is 10.0. The lowest BCUT2D eigenvalue weighted by molar-refractivity contribution is -0.136. The molecule has 1 aliphatic carbocycles. The van der Waals surface area contributed by atoms with Crippen LogP contribution >= 0.6 is 11.3 Å². The van der Waals surface area contributed by atoms with Crippen LogP contribution in [0.3, 0.4) is 0 Å². The number of nitrogens with zero attached hydrogens (tertiary/aromatic N) is 1. The van der Waals surface area contributed by atoms with Gasteiger partial charge in [0, 0.05) is 18.3 Å². The third kappa shape index (κ3) is 3.43. The van der Waals surface area contributed by atoms with E-state index in [9.17, 15) is 4.79 Å². The van der Waals surface area contributed by atoms with Crippen LogP contribution in [-0.4, -0.2) is 22.6 Å². The Labute approximate surface area is 105 Å². The first-order valence-corrected chi connectivity index (χ1v) is 6.85. The van der Waals surface area contributed by atoms with E-state index in [0.717, 1.165) is 17.4 Å². The van der Waals surface area contributed by atoms with Crippen LogP contribution in [0.4, 0.5) is 5.13 Å². The summed E-state index contributed by atoms with van der Waals surface area (Å²) < 4.78 is 0. The first-order valence-electron chi connectivity index (χ1n) is 5.97. The van der Waals surface area contributed by atoms with Crippen LogP contribution in [0.15, 0.2) is 5.38 Å². The lowest BCUT2D eigenvalue weighted by Gasteiger charge is -2.38. The number of carboxylic acid groups (broad SMARTS) is 1. The Hall–Kier alpha value is -1.10. The highest BCUT2D eigenvalue weighted by atomic mass is 32.1. The van der Waals surface area contributed by atoms with Crippen LogP contribution in [0.25, 0.3) is 0 Å². The molecule has 1 aromatic rings. The fraction of sp³-hybridized carbons (Fsp3) is 0.667. The molecule has 0 saturated heterocycles. The Morgan fingerprint density at radius 1 is 1.65 bits per heavy atom. The molecule has 1 fully saturated rings. The van der Waals surface area contributed by atoms with Crippen molar-refractivity contribution in [3.05, 3.63) is 11.1 Å². The molecule has 1 aliphatic rings. The highest BCUT2D eigenvalue weighted by Crippen LogP contribution is 2.40. The average Bonchev–Trinajstić information content (AvgIpc) is 2.69. The quantitative estimate of drug-likeness (QED) is 0.819. The monoisotopic (exact) mass is 254 g/mol. The van der Waals surface area contributed by atoms with Gasteiger partial charge in [0.25, 0.3) is 0 Å². The molecule has 0 aromatic carbocycles. The smallest absolute Gasteiger partial charge is 0.303 e. The Bertz CT molecular complexity index is 399. The van der Waals surface area contributed by atoms with Gasteiger partial charge in [0.15, 0.2) is 5.13 Å². The minimum atomic E-state index is -0.769. The lowest BCUT2D eigenvalue weighted by Crippen LogP contribution is -2.33. The SMILES string of the molecule is CC1(CNc2nc(CCC(=O)O)cs2)CCC1. The summed E-state index contributed by atoms with van der Waals surface area (Å²) in [6.45, 7) is 3.27. The molecule has 1 saturated carbocycles. The number of hydrogen-bond acceptors (Lipinski definition) is 4. The number of carboxylic acids is 1. The number of aliphatic carboxylic acids is 1. The highest BCUT2D eigenvalue weighted by Gasteiger charge is 2.31. The van der Waals surface area contributed by atoms with Crippen LogP contribution in [0.2, 0.25) is 0 Å². The van der Waals surface area contributed by atoms with Crippen molar-refractivity contribution in [2.24, 2.45) is 5.41 Å². The molecule has 2 rings (SSSR count). The van der Waals surface area contributed by atoms with Crippen molar-refractivity contribution < 1.29 is 9.90 Å². The predicted molar refractivity (Wildman–Crippen MR) is 68.5 cm³/mol. The van der Waals surface area contributed by atoms with E-state index in [1.807, 2.05) is 5.38 Å². The van der Waals surface area contributed by atoms with Crippen molar-refractivity contribution in [2.75, 3.05) is 11.9 Å². The summed E-state index contributed by atoms with van der Waals surface area (Å²) in [6.07, 6.45) is 4.58. The van der Waals surface area contributed by atoms with Gasteiger partial charge in [-0.2, -0.15) is 0 Å². The standard InChI is InChI=1S/C12H18N2O2S/c1-12(5-2-6-12)8-13-11-14-9(7-17-11)3-4-10(15)16/h7H,2-6,8H2,1H3,(H,13,14)(H,15,16). The van der Waals surface area contributed by atoms with Crippen LogP contribution in [0.1, 0.15) is 38.3 Å². The minimum Gasteiger partial charge on any atom is -0.481 e. The molecule has 17 heavy (non-hydrogen) atoms. The molecule has 0 atom stereocenters. The molecule has 0 unspecified atom stereocenters. The van der Waals surface area contributed by atoms with Crippen molar-refractivity contribution in [1.29, 1.82) is 0 Å². The first kappa shape index (κ1) is 12.4. The number of nitrogens with one attached hydrogen (secondary N) is 1. The Morgan fingerprint density at radius 3 is 3.00 bits per heavy atom. The first-order chi connectivity index (χ1) is 8.07. The van der Waals surface area contributed by atoms with Gasteiger partial charge < -0.3 is 10.4 Å². The van der Waals surface area contributed by atoms with Gasteiger partial charge in [0.2, 0.25) is 0 Å². The van der Waals surface area contributed by atoms with E-state index in [1.165, 1.54) is 19.3 Å². The second-order valence-corrected chi connectivity index (χ2v) is 5.91. The number of rotatable bonds is 6. The summed E-state index contributed by atoms with van der Waals surface area (Å²) in [7, 11) is 0. The topological polar surface area (TPSA) is 62.2 Å². The second-order valence-electron chi connectivity index (χ2n) is 5.06. The molecule has 4 nitrogen and oxygen atoms in total. The number of anilines is 1. The van der Waals surface area contributed by atoms with Crippen molar-refractivity contribution >= 4 is 22.4 Å². The van der Waals surface area contributed by atoms with Crippen LogP contribution < -0.4 is 5.32 Å². The van der Waals surface area contributed by atoms with Crippen LogP contribution in [0, 0.1) is 5.41 Å². The zero-order valence-corrected chi connectivity index (χ0v) is 10.8. The lowest BCUT2D eigenvalue weighted by atomic mass is 9.70. The van der Waals surface area contributed by atoms with Gasteiger partial charge in [-0.25, -0.2) is 4.98 Å². The van der Waals surface area contributed by atoms with Gasteiger partial charge in [-0.05, 0) is 18.3 Å². The van der Waals surface area contributed by atoms with Gasteiger partial charge in [-0.3, -0.25) is 4.79 Å². The molecule has 0 aliphatic heterocycles. The maximum atomic E-state index is 10.4. The summed E-state index contributed by atoms with van der Waals surface area (Å²) in [5.74, 6) is -0.769. The third-order valence-corrected chi connectivity index (χ3v) is 4.22. The van der Waals surface area contributed by atoms with Crippen LogP contribution in [0.5, 0.6) is 0 Å². The van der Waals surface area contributed by atoms with Crippen molar-refractivity contribution in [3.63, 3.8) is 0 Å². The van der Waals surface area contributed by atoms with E-state index in [-0.39, 0.29) is 6.42 Å².